The van der Waals surface area contributed by atoms with Crippen molar-refractivity contribution in [2.24, 2.45) is 0 Å². The van der Waals surface area contributed by atoms with Crippen molar-refractivity contribution >= 4 is 28.3 Å². The highest BCUT2D eigenvalue weighted by molar-refractivity contribution is 6.07. The van der Waals surface area contributed by atoms with Crippen LogP contribution in [-0.4, -0.2) is 12.5 Å². The van der Waals surface area contributed by atoms with E-state index in [0.717, 1.165) is 11.8 Å². The fourth-order valence-electron chi connectivity index (χ4n) is 2.28. The van der Waals surface area contributed by atoms with Gasteiger partial charge in [0.15, 0.2) is 11.4 Å². The van der Waals surface area contributed by atoms with Gasteiger partial charge in [0, 0.05) is 11.9 Å². The van der Waals surface area contributed by atoms with Crippen LogP contribution in [0.3, 0.4) is 0 Å². The molecule has 3 rings (SSSR count). The number of carbonyl (C=O) groups excluding carboxylic acids is 1. The van der Waals surface area contributed by atoms with Crippen LogP contribution < -0.4 is 16.3 Å². The number of para-hydroxylation sites is 1. The second kappa shape index (κ2) is 6.39. The number of hydrogen-bond acceptors (Lipinski definition) is 5. The number of fused-ring (bicyclic) bond motifs is 1. The zero-order valence-electron chi connectivity index (χ0n) is 12.6. The van der Waals surface area contributed by atoms with Crippen LogP contribution >= 0.6 is 0 Å². The molecular formula is C17H16N2O4. The second-order valence-corrected chi connectivity index (χ2v) is 4.99. The molecule has 2 aromatic heterocycles. The Morgan fingerprint density at radius 2 is 1.96 bits per heavy atom. The lowest BCUT2D eigenvalue weighted by Gasteiger charge is -2.13. The molecule has 1 amide bonds. The highest BCUT2D eigenvalue weighted by Gasteiger charge is 2.18. The third-order valence-electron chi connectivity index (χ3n) is 3.35. The fraction of sp³-hybridized carbons (Fsp3) is 0.176. The molecule has 118 valence electrons. The highest BCUT2D eigenvalue weighted by atomic mass is 16.4. The molecule has 0 saturated carbocycles. The van der Waals surface area contributed by atoms with Crippen molar-refractivity contribution < 1.29 is 13.6 Å². The van der Waals surface area contributed by atoms with Gasteiger partial charge in [-0.05, 0) is 30.7 Å². The smallest absolute Gasteiger partial charge is 0.362 e. The maximum Gasteiger partial charge on any atom is 0.362 e. The molecule has 0 atom stereocenters. The van der Waals surface area contributed by atoms with Crippen molar-refractivity contribution in [3.63, 3.8) is 0 Å². The summed E-state index contributed by atoms with van der Waals surface area (Å²) >= 11 is 0. The van der Waals surface area contributed by atoms with Crippen molar-refractivity contribution in [3.8, 4) is 0 Å². The van der Waals surface area contributed by atoms with E-state index in [2.05, 4.69) is 10.6 Å². The van der Waals surface area contributed by atoms with Crippen LogP contribution in [0.15, 0.2) is 56.3 Å². The van der Waals surface area contributed by atoms with Crippen LogP contribution in [0.4, 0.5) is 11.4 Å². The average Bonchev–Trinajstić information content (AvgIpc) is 3.09. The van der Waals surface area contributed by atoms with E-state index in [9.17, 15) is 9.59 Å². The molecule has 0 aliphatic rings. The average molecular weight is 312 g/mol. The van der Waals surface area contributed by atoms with E-state index >= 15 is 0 Å². The summed E-state index contributed by atoms with van der Waals surface area (Å²) in [5, 5.41) is 6.50. The van der Waals surface area contributed by atoms with Gasteiger partial charge in [0.25, 0.3) is 5.91 Å². The Hall–Kier alpha value is -3.02. The van der Waals surface area contributed by atoms with Gasteiger partial charge < -0.3 is 19.5 Å². The third-order valence-corrected chi connectivity index (χ3v) is 3.35. The Morgan fingerprint density at radius 1 is 1.13 bits per heavy atom. The van der Waals surface area contributed by atoms with Gasteiger partial charge in [0.05, 0.1) is 12.0 Å². The molecule has 0 radical (unpaired) electrons. The van der Waals surface area contributed by atoms with Gasteiger partial charge in [-0.25, -0.2) is 4.79 Å². The standard InChI is InChI=1S/C17H16N2O4/c1-2-9-18-14-11-6-3-4-7-12(11)23-17(21)15(14)19-16(20)13-8-5-10-22-13/h3-8,10,18H,2,9H2,1H3,(H,19,20). The monoisotopic (exact) mass is 312 g/mol. The van der Waals surface area contributed by atoms with Crippen molar-refractivity contribution in [1.29, 1.82) is 0 Å². The molecule has 2 N–H and O–H groups in total. The summed E-state index contributed by atoms with van der Waals surface area (Å²) in [5.41, 5.74) is 0.492. The Balaban J connectivity index is 2.08. The summed E-state index contributed by atoms with van der Waals surface area (Å²) in [6, 6.07) is 10.3. The maximum absolute atomic E-state index is 12.3. The number of rotatable bonds is 5. The first-order chi connectivity index (χ1) is 11.2. The summed E-state index contributed by atoms with van der Waals surface area (Å²) < 4.78 is 10.3. The number of benzene rings is 1. The second-order valence-electron chi connectivity index (χ2n) is 4.99. The Labute approximate surface area is 132 Å². The largest absolute Gasteiger partial charge is 0.459 e. The zero-order valence-corrected chi connectivity index (χ0v) is 12.6. The van der Waals surface area contributed by atoms with Gasteiger partial charge in [-0.2, -0.15) is 0 Å². The summed E-state index contributed by atoms with van der Waals surface area (Å²) in [6.07, 6.45) is 2.27. The maximum atomic E-state index is 12.3. The number of hydrogen-bond donors (Lipinski definition) is 2. The van der Waals surface area contributed by atoms with E-state index in [0.29, 0.717) is 17.8 Å². The molecule has 6 nitrogen and oxygen atoms in total. The summed E-state index contributed by atoms with van der Waals surface area (Å²) in [6.45, 7) is 2.68. The van der Waals surface area contributed by atoms with E-state index in [1.165, 1.54) is 12.3 Å². The third kappa shape index (κ3) is 2.96. The zero-order chi connectivity index (χ0) is 16.2. The lowest BCUT2D eigenvalue weighted by Crippen LogP contribution is -2.20. The van der Waals surface area contributed by atoms with Gasteiger partial charge in [-0.1, -0.05) is 19.1 Å². The number of anilines is 2. The van der Waals surface area contributed by atoms with Crippen LogP contribution in [0, 0.1) is 0 Å². The van der Waals surface area contributed by atoms with Crippen LogP contribution in [0.5, 0.6) is 0 Å². The van der Waals surface area contributed by atoms with E-state index in [1.54, 1.807) is 18.2 Å². The van der Waals surface area contributed by atoms with Gasteiger partial charge >= 0.3 is 5.63 Å². The highest BCUT2D eigenvalue weighted by Crippen LogP contribution is 2.28. The lowest BCUT2D eigenvalue weighted by atomic mass is 10.1. The van der Waals surface area contributed by atoms with Crippen molar-refractivity contribution in [3.05, 3.63) is 58.8 Å². The summed E-state index contributed by atoms with van der Waals surface area (Å²) in [5.74, 6) is -0.379. The lowest BCUT2D eigenvalue weighted by molar-refractivity contribution is 0.0996. The SMILES string of the molecule is CCCNc1c(NC(=O)c2ccco2)c(=O)oc2ccccc12. The van der Waals surface area contributed by atoms with Crippen LogP contribution in [0.25, 0.3) is 11.0 Å². The Morgan fingerprint density at radius 3 is 2.70 bits per heavy atom. The minimum absolute atomic E-state index is 0.0820. The van der Waals surface area contributed by atoms with Crippen molar-refractivity contribution in [2.75, 3.05) is 17.2 Å². The molecule has 0 bridgehead atoms. The van der Waals surface area contributed by atoms with E-state index in [1.807, 2.05) is 19.1 Å². The quantitative estimate of drug-likeness (QED) is 0.705. The van der Waals surface area contributed by atoms with Gasteiger partial charge in [-0.15, -0.1) is 0 Å². The molecule has 0 aliphatic heterocycles. The van der Waals surface area contributed by atoms with Gasteiger partial charge in [0.1, 0.15) is 5.58 Å². The molecule has 6 heteroatoms. The molecule has 0 aliphatic carbocycles. The Kier molecular flexibility index (Phi) is 4.14. The van der Waals surface area contributed by atoms with E-state index in [4.69, 9.17) is 8.83 Å². The molecule has 0 saturated heterocycles. The number of furan rings is 1. The predicted molar refractivity (Wildman–Crippen MR) is 87.9 cm³/mol. The minimum atomic E-state index is -0.609. The first-order valence-electron chi connectivity index (χ1n) is 7.35. The first-order valence-corrected chi connectivity index (χ1v) is 7.35. The van der Waals surface area contributed by atoms with Crippen LogP contribution in [0.2, 0.25) is 0 Å². The van der Waals surface area contributed by atoms with Crippen LogP contribution in [-0.2, 0) is 0 Å². The first kappa shape index (κ1) is 14.9. The summed E-state index contributed by atoms with van der Waals surface area (Å²) in [4.78, 5) is 24.4. The number of nitrogens with one attached hydrogen (secondary N) is 2. The Bertz CT molecular complexity index is 881. The topological polar surface area (TPSA) is 84.5 Å². The molecule has 0 unspecified atom stereocenters. The van der Waals surface area contributed by atoms with E-state index < -0.39 is 11.5 Å². The van der Waals surface area contributed by atoms with Crippen molar-refractivity contribution in [1.82, 2.24) is 0 Å². The van der Waals surface area contributed by atoms with Gasteiger partial charge in [0.2, 0.25) is 0 Å². The van der Waals surface area contributed by atoms with Crippen molar-refractivity contribution in [2.45, 2.75) is 13.3 Å². The molecule has 3 aromatic rings. The van der Waals surface area contributed by atoms with Gasteiger partial charge in [-0.3, -0.25) is 4.79 Å². The summed E-state index contributed by atoms with van der Waals surface area (Å²) in [7, 11) is 0. The molecule has 2 heterocycles. The fourth-order valence-corrected chi connectivity index (χ4v) is 2.28. The molecule has 23 heavy (non-hydrogen) atoms. The number of amides is 1. The molecule has 0 fully saturated rings. The predicted octanol–water partition coefficient (Wildman–Crippen LogP) is 3.46. The molecule has 1 aromatic carbocycles. The molecule has 0 spiro atoms. The molecular weight excluding hydrogens is 296 g/mol. The van der Waals surface area contributed by atoms with Crippen LogP contribution in [0.1, 0.15) is 23.9 Å². The van der Waals surface area contributed by atoms with E-state index in [-0.39, 0.29) is 11.4 Å². The number of carbonyl (C=O) groups is 1. The normalized spacial score (nSPS) is 10.7. The minimum Gasteiger partial charge on any atom is -0.459 e.